The summed E-state index contributed by atoms with van der Waals surface area (Å²) in [7, 11) is 1.63. The third kappa shape index (κ3) is 2.76. The van der Waals surface area contributed by atoms with E-state index < -0.39 is 11.5 Å². The second-order valence-corrected chi connectivity index (χ2v) is 6.58. The maximum Gasteiger partial charge on any atom is 0.331 e. The van der Waals surface area contributed by atoms with Crippen LogP contribution < -0.4 is 14.2 Å². The molecule has 1 aromatic heterocycles. The summed E-state index contributed by atoms with van der Waals surface area (Å²) in [5.74, 6) is 1.32. The van der Waals surface area contributed by atoms with Crippen LogP contribution in [0.1, 0.15) is 18.4 Å². The minimum Gasteiger partial charge on any atom is -0.496 e. The smallest absolute Gasteiger partial charge is 0.331 e. The number of rotatable bonds is 5. The van der Waals surface area contributed by atoms with Gasteiger partial charge in [0.05, 0.1) is 7.11 Å². The predicted molar refractivity (Wildman–Crippen MR) is 91.5 cm³/mol. The molecule has 0 aliphatic carbocycles. The molecule has 0 amide bonds. The van der Waals surface area contributed by atoms with Crippen molar-refractivity contribution in [2.75, 3.05) is 27.0 Å². The average molecular weight is 359 g/mol. The molecule has 0 unspecified atom stereocenters. The Balaban J connectivity index is 1.50. The summed E-state index contributed by atoms with van der Waals surface area (Å²) in [6.45, 7) is 2.19. The summed E-state index contributed by atoms with van der Waals surface area (Å²) in [6.07, 6.45) is 4.34. The Hall–Kier alpha value is -2.74. The van der Waals surface area contributed by atoms with E-state index in [4.69, 9.17) is 14.2 Å². The first-order chi connectivity index (χ1) is 12.6. The summed E-state index contributed by atoms with van der Waals surface area (Å²) in [5, 5.41) is 14.0. The van der Waals surface area contributed by atoms with Crippen LogP contribution in [0, 0.1) is 0 Å². The van der Waals surface area contributed by atoms with Gasteiger partial charge in [0.25, 0.3) is 0 Å². The van der Waals surface area contributed by atoms with Gasteiger partial charge in [-0.05, 0) is 25.0 Å². The Morgan fingerprint density at radius 2 is 2.04 bits per heavy atom. The van der Waals surface area contributed by atoms with Gasteiger partial charge in [0.2, 0.25) is 6.79 Å². The van der Waals surface area contributed by atoms with Crippen molar-refractivity contribution in [3.05, 3.63) is 36.2 Å². The molecule has 26 heavy (non-hydrogen) atoms. The number of likely N-dealkylation sites (tertiary alicyclic amines) is 1. The van der Waals surface area contributed by atoms with Gasteiger partial charge in [-0.1, -0.05) is 0 Å². The number of ether oxygens (including phenoxy) is 3. The van der Waals surface area contributed by atoms with Gasteiger partial charge < -0.3 is 19.3 Å². The van der Waals surface area contributed by atoms with E-state index in [0.717, 1.165) is 11.3 Å². The molecule has 1 aromatic carbocycles. The van der Waals surface area contributed by atoms with Crippen LogP contribution in [0.15, 0.2) is 30.6 Å². The molecular formula is C18H21N3O5. The van der Waals surface area contributed by atoms with E-state index in [9.17, 15) is 9.90 Å². The Morgan fingerprint density at radius 3 is 2.65 bits per heavy atom. The van der Waals surface area contributed by atoms with Gasteiger partial charge in [-0.15, -0.1) is 0 Å². The van der Waals surface area contributed by atoms with E-state index in [1.165, 1.54) is 0 Å². The molecule has 1 saturated heterocycles. The third-order valence-corrected chi connectivity index (χ3v) is 5.19. The first-order valence-electron chi connectivity index (χ1n) is 8.55. The van der Waals surface area contributed by atoms with Gasteiger partial charge in [-0.3, -0.25) is 9.58 Å². The zero-order valence-electron chi connectivity index (χ0n) is 14.6. The molecule has 2 aromatic rings. The topological polar surface area (TPSA) is 86.1 Å². The lowest BCUT2D eigenvalue weighted by Crippen LogP contribution is -2.51. The van der Waals surface area contributed by atoms with Gasteiger partial charge in [-0.25, -0.2) is 4.79 Å². The Labute approximate surface area is 150 Å². The highest BCUT2D eigenvalue weighted by molar-refractivity contribution is 5.76. The minimum absolute atomic E-state index is 0.219. The first-order valence-corrected chi connectivity index (χ1v) is 8.55. The maximum absolute atomic E-state index is 11.9. The highest BCUT2D eigenvalue weighted by Gasteiger charge is 2.44. The SMILES string of the molecule is COc1cc2c(cc1CN1CCC(C(=O)O)(n3cccn3)CC1)OCO2. The molecule has 0 atom stereocenters. The summed E-state index contributed by atoms with van der Waals surface area (Å²) < 4.78 is 17.9. The molecule has 138 valence electrons. The van der Waals surface area contributed by atoms with Crippen molar-refractivity contribution in [2.24, 2.45) is 0 Å². The number of piperidine rings is 1. The van der Waals surface area contributed by atoms with Crippen LogP contribution in [0.3, 0.4) is 0 Å². The molecular weight excluding hydrogens is 338 g/mol. The zero-order chi connectivity index (χ0) is 18.1. The molecule has 2 aliphatic rings. The quantitative estimate of drug-likeness (QED) is 0.869. The number of carbonyl (C=O) groups is 1. The highest BCUT2D eigenvalue weighted by Crippen LogP contribution is 2.39. The number of fused-ring (bicyclic) bond motifs is 1. The van der Waals surface area contributed by atoms with Gasteiger partial charge in [0.1, 0.15) is 5.75 Å². The zero-order valence-corrected chi connectivity index (χ0v) is 14.6. The van der Waals surface area contributed by atoms with E-state index in [1.807, 2.05) is 12.1 Å². The standard InChI is InChI=1S/C18H21N3O5/c1-24-14-10-16-15(25-12-26-16)9-13(14)11-20-7-3-18(4-8-20,17(22)23)21-6-2-5-19-21/h2,5-6,9-10H,3-4,7-8,11-12H2,1H3,(H,22,23). The van der Waals surface area contributed by atoms with Crippen molar-refractivity contribution in [1.82, 2.24) is 14.7 Å². The van der Waals surface area contributed by atoms with Gasteiger partial charge in [0, 0.05) is 43.7 Å². The molecule has 0 saturated carbocycles. The molecule has 4 rings (SSSR count). The summed E-state index contributed by atoms with van der Waals surface area (Å²) in [4.78, 5) is 14.2. The van der Waals surface area contributed by atoms with Crippen molar-refractivity contribution in [2.45, 2.75) is 24.9 Å². The molecule has 8 heteroatoms. The molecule has 0 radical (unpaired) electrons. The summed E-state index contributed by atoms with van der Waals surface area (Å²) in [5.41, 5.74) is 0.0255. The van der Waals surface area contributed by atoms with Gasteiger partial charge in [0.15, 0.2) is 17.0 Å². The number of aliphatic carboxylic acids is 1. The first kappa shape index (κ1) is 16.7. The van der Waals surface area contributed by atoms with Crippen LogP contribution >= 0.6 is 0 Å². The third-order valence-electron chi connectivity index (χ3n) is 5.19. The molecule has 0 spiro atoms. The maximum atomic E-state index is 11.9. The number of methoxy groups -OCH3 is 1. The van der Waals surface area contributed by atoms with E-state index in [0.29, 0.717) is 44.0 Å². The van der Waals surface area contributed by atoms with Crippen molar-refractivity contribution in [3.8, 4) is 17.2 Å². The van der Waals surface area contributed by atoms with Crippen LogP contribution in [0.4, 0.5) is 0 Å². The number of hydrogen-bond acceptors (Lipinski definition) is 6. The van der Waals surface area contributed by atoms with E-state index in [2.05, 4.69) is 10.00 Å². The minimum atomic E-state index is -0.973. The fourth-order valence-electron chi connectivity index (χ4n) is 3.66. The van der Waals surface area contributed by atoms with E-state index >= 15 is 0 Å². The second kappa shape index (κ2) is 6.53. The van der Waals surface area contributed by atoms with Crippen LogP contribution in [-0.2, 0) is 16.9 Å². The Kier molecular flexibility index (Phi) is 4.20. The van der Waals surface area contributed by atoms with Crippen molar-refractivity contribution < 1.29 is 24.1 Å². The highest BCUT2D eigenvalue weighted by atomic mass is 16.7. The molecule has 1 fully saturated rings. The number of benzene rings is 1. The molecule has 3 heterocycles. The second-order valence-electron chi connectivity index (χ2n) is 6.58. The summed E-state index contributed by atoms with van der Waals surface area (Å²) in [6, 6.07) is 5.54. The summed E-state index contributed by atoms with van der Waals surface area (Å²) >= 11 is 0. The predicted octanol–water partition coefficient (Wildman–Crippen LogP) is 1.70. The van der Waals surface area contributed by atoms with Crippen molar-refractivity contribution in [1.29, 1.82) is 0 Å². The molecule has 1 N–H and O–H groups in total. The van der Waals surface area contributed by atoms with E-state index in [-0.39, 0.29) is 6.79 Å². The number of hydrogen-bond donors (Lipinski definition) is 1. The lowest BCUT2D eigenvalue weighted by molar-refractivity contribution is -0.151. The number of carboxylic acids is 1. The number of carboxylic acid groups (broad SMARTS) is 1. The number of nitrogens with zero attached hydrogens (tertiary/aromatic N) is 3. The van der Waals surface area contributed by atoms with Crippen LogP contribution in [-0.4, -0.2) is 52.7 Å². The van der Waals surface area contributed by atoms with Gasteiger partial charge in [-0.2, -0.15) is 5.10 Å². The van der Waals surface area contributed by atoms with Crippen LogP contribution in [0.2, 0.25) is 0 Å². The van der Waals surface area contributed by atoms with Crippen LogP contribution in [0.25, 0.3) is 0 Å². The Morgan fingerprint density at radius 1 is 1.31 bits per heavy atom. The van der Waals surface area contributed by atoms with Crippen LogP contribution in [0.5, 0.6) is 17.2 Å². The Bertz CT molecular complexity index is 797. The number of aromatic nitrogens is 2. The monoisotopic (exact) mass is 359 g/mol. The molecule has 8 nitrogen and oxygen atoms in total. The van der Waals surface area contributed by atoms with E-state index in [1.54, 1.807) is 30.3 Å². The van der Waals surface area contributed by atoms with Gasteiger partial charge >= 0.3 is 5.97 Å². The fraction of sp³-hybridized carbons (Fsp3) is 0.444. The molecule has 0 bridgehead atoms. The lowest BCUT2D eigenvalue weighted by Gasteiger charge is -2.39. The average Bonchev–Trinajstić information content (AvgIpc) is 3.33. The largest absolute Gasteiger partial charge is 0.496 e. The lowest BCUT2D eigenvalue weighted by atomic mass is 9.87. The molecule has 2 aliphatic heterocycles. The normalized spacial score (nSPS) is 18.7. The van der Waals surface area contributed by atoms with Crippen molar-refractivity contribution in [3.63, 3.8) is 0 Å². The fourth-order valence-corrected chi connectivity index (χ4v) is 3.66. The van der Waals surface area contributed by atoms with Crippen molar-refractivity contribution >= 4 is 5.97 Å².